The zero-order chi connectivity index (χ0) is 22.2. The lowest BCUT2D eigenvalue weighted by Gasteiger charge is -2.07. The molecule has 0 saturated heterocycles. The number of H-pyrrole nitrogens is 1. The average molecular weight is 412 g/mol. The van der Waals surface area contributed by atoms with Gasteiger partial charge in [0.05, 0.1) is 19.9 Å². The van der Waals surface area contributed by atoms with E-state index < -0.39 is 0 Å². The van der Waals surface area contributed by atoms with Gasteiger partial charge in [-0.3, -0.25) is 0 Å². The number of imidazole rings is 1. The molecular formula is C28H37BN2. The van der Waals surface area contributed by atoms with Crippen molar-refractivity contribution in [1.82, 2.24) is 9.97 Å². The van der Waals surface area contributed by atoms with Gasteiger partial charge in [-0.2, -0.15) is 0 Å². The highest BCUT2D eigenvalue weighted by Crippen LogP contribution is 2.23. The molecule has 0 aliphatic rings. The van der Waals surface area contributed by atoms with Crippen molar-refractivity contribution in [3.8, 4) is 0 Å². The number of allylic oxidation sites excluding steroid dienone is 1. The first-order valence-corrected chi connectivity index (χ1v) is 11.8. The monoisotopic (exact) mass is 412 g/mol. The van der Waals surface area contributed by atoms with E-state index in [4.69, 9.17) is 7.85 Å². The van der Waals surface area contributed by atoms with Gasteiger partial charge in [-0.1, -0.05) is 113 Å². The molecule has 1 N–H and O–H groups in total. The minimum atomic E-state index is 0.555. The van der Waals surface area contributed by atoms with Gasteiger partial charge in [0.2, 0.25) is 0 Å². The Morgan fingerprint density at radius 1 is 0.806 bits per heavy atom. The van der Waals surface area contributed by atoms with Crippen LogP contribution in [0, 0.1) is 0 Å². The van der Waals surface area contributed by atoms with Crippen LogP contribution < -0.4 is 0 Å². The molecule has 0 unspecified atom stereocenters. The highest BCUT2D eigenvalue weighted by molar-refractivity contribution is 6.10. The molecule has 31 heavy (non-hydrogen) atoms. The van der Waals surface area contributed by atoms with Crippen molar-refractivity contribution in [2.45, 2.75) is 71.5 Å². The predicted molar refractivity (Wildman–Crippen MR) is 136 cm³/mol. The standard InChI is InChI=1S/C15H13B.C13H24N2/c16-12-11-15(13-7-3-1-4-8-13)14-9-5-2-6-10-14;1-3-5-7-9-12-13(15-11-14-12)10-8-6-4-2/h1-11H,12H2;11H,3-10H2,1-2H3,(H,14,15). The van der Waals surface area contributed by atoms with Gasteiger partial charge in [0.1, 0.15) is 0 Å². The van der Waals surface area contributed by atoms with E-state index in [9.17, 15) is 0 Å². The summed E-state index contributed by atoms with van der Waals surface area (Å²) in [5.41, 5.74) is 6.29. The van der Waals surface area contributed by atoms with Gasteiger partial charge < -0.3 is 4.98 Å². The van der Waals surface area contributed by atoms with Crippen molar-refractivity contribution in [2.24, 2.45) is 0 Å². The molecule has 0 spiro atoms. The molecule has 0 saturated carbocycles. The van der Waals surface area contributed by atoms with Crippen LogP contribution in [0.25, 0.3) is 5.57 Å². The lowest BCUT2D eigenvalue weighted by Crippen LogP contribution is -1.94. The quantitative estimate of drug-likeness (QED) is 0.255. The van der Waals surface area contributed by atoms with Crippen molar-refractivity contribution >= 4 is 13.4 Å². The van der Waals surface area contributed by atoms with E-state index in [-0.39, 0.29) is 0 Å². The van der Waals surface area contributed by atoms with Crippen LogP contribution in [0.4, 0.5) is 0 Å². The molecular weight excluding hydrogens is 375 g/mol. The first kappa shape index (κ1) is 24.7. The summed E-state index contributed by atoms with van der Waals surface area (Å²) in [5.74, 6) is 0. The molecule has 1 heterocycles. The third-order valence-electron chi connectivity index (χ3n) is 5.35. The summed E-state index contributed by atoms with van der Waals surface area (Å²) in [6.45, 7) is 4.49. The second kappa shape index (κ2) is 15.3. The second-order valence-electron chi connectivity index (χ2n) is 7.83. The number of nitrogens with zero attached hydrogens (tertiary/aromatic N) is 1. The predicted octanol–water partition coefficient (Wildman–Crippen LogP) is 7.58. The molecule has 1 aromatic heterocycles. The summed E-state index contributed by atoms with van der Waals surface area (Å²) in [5, 5.41) is 0. The Labute approximate surface area is 190 Å². The molecule has 3 heteroatoms. The number of aromatic nitrogens is 2. The number of hydrogen-bond acceptors (Lipinski definition) is 1. The van der Waals surface area contributed by atoms with Crippen LogP contribution in [0.3, 0.4) is 0 Å². The van der Waals surface area contributed by atoms with Crippen LogP contribution in [0.15, 0.2) is 73.1 Å². The van der Waals surface area contributed by atoms with E-state index in [1.54, 1.807) is 0 Å². The summed E-state index contributed by atoms with van der Waals surface area (Å²) in [6.07, 6.45) is 14.6. The second-order valence-corrected chi connectivity index (χ2v) is 7.83. The van der Waals surface area contributed by atoms with Gasteiger partial charge in [0.15, 0.2) is 0 Å². The number of hydrogen-bond donors (Lipinski definition) is 1. The lowest BCUT2D eigenvalue weighted by molar-refractivity contribution is 0.683. The Kier molecular flexibility index (Phi) is 12.2. The van der Waals surface area contributed by atoms with Crippen molar-refractivity contribution in [1.29, 1.82) is 0 Å². The summed E-state index contributed by atoms with van der Waals surface area (Å²) in [7, 11) is 5.63. The Morgan fingerprint density at radius 2 is 1.35 bits per heavy atom. The van der Waals surface area contributed by atoms with E-state index in [0.717, 1.165) is 6.42 Å². The van der Waals surface area contributed by atoms with Gasteiger partial charge in [0, 0.05) is 5.69 Å². The fourth-order valence-electron chi connectivity index (χ4n) is 3.63. The minimum Gasteiger partial charge on any atom is -0.348 e. The fourth-order valence-corrected chi connectivity index (χ4v) is 3.63. The highest BCUT2D eigenvalue weighted by atomic mass is 14.9. The normalized spacial score (nSPS) is 10.3. The molecule has 2 nitrogen and oxygen atoms in total. The molecule has 2 radical (unpaired) electrons. The SMILES string of the molecule is CCCCCc1nc[nH]c1CCCCC.[B]CC=C(c1ccccc1)c1ccccc1. The van der Waals surface area contributed by atoms with Crippen LogP contribution in [-0.4, -0.2) is 17.8 Å². The van der Waals surface area contributed by atoms with E-state index in [2.05, 4.69) is 54.2 Å². The fraction of sp³-hybridized carbons (Fsp3) is 0.393. The topological polar surface area (TPSA) is 28.7 Å². The molecule has 3 aromatic rings. The molecule has 0 atom stereocenters. The average Bonchev–Trinajstić information content (AvgIpc) is 3.27. The van der Waals surface area contributed by atoms with Gasteiger partial charge in [-0.05, 0) is 42.4 Å². The van der Waals surface area contributed by atoms with Crippen molar-refractivity contribution in [3.63, 3.8) is 0 Å². The van der Waals surface area contributed by atoms with E-state index in [1.165, 1.54) is 73.0 Å². The lowest BCUT2D eigenvalue weighted by atomic mass is 9.93. The van der Waals surface area contributed by atoms with Gasteiger partial charge in [-0.15, -0.1) is 0 Å². The third-order valence-corrected chi connectivity index (χ3v) is 5.35. The van der Waals surface area contributed by atoms with Crippen LogP contribution >= 0.6 is 0 Å². The van der Waals surface area contributed by atoms with Gasteiger partial charge >= 0.3 is 0 Å². The van der Waals surface area contributed by atoms with Crippen LogP contribution in [-0.2, 0) is 12.8 Å². The van der Waals surface area contributed by atoms with E-state index >= 15 is 0 Å². The molecule has 2 aromatic carbocycles. The molecule has 162 valence electrons. The maximum atomic E-state index is 5.63. The van der Waals surface area contributed by atoms with Gasteiger partial charge in [-0.25, -0.2) is 4.98 Å². The zero-order valence-corrected chi connectivity index (χ0v) is 19.3. The maximum absolute atomic E-state index is 5.63. The summed E-state index contributed by atoms with van der Waals surface area (Å²) in [4.78, 5) is 7.69. The number of aryl methyl sites for hydroxylation is 2. The Balaban J connectivity index is 0.000000221. The molecule has 0 bridgehead atoms. The van der Waals surface area contributed by atoms with E-state index in [0.29, 0.717) is 6.32 Å². The van der Waals surface area contributed by atoms with E-state index in [1.807, 2.05) is 42.7 Å². The number of aromatic amines is 1. The number of rotatable bonds is 11. The number of nitrogens with one attached hydrogen (secondary N) is 1. The van der Waals surface area contributed by atoms with Crippen LogP contribution in [0.1, 0.15) is 74.9 Å². The molecule has 0 aliphatic carbocycles. The first-order chi connectivity index (χ1) is 15.3. The first-order valence-electron chi connectivity index (χ1n) is 11.8. The highest BCUT2D eigenvalue weighted by Gasteiger charge is 2.04. The Hall–Kier alpha value is -2.55. The smallest absolute Gasteiger partial charge is 0.0925 e. The Morgan fingerprint density at radius 3 is 1.87 bits per heavy atom. The van der Waals surface area contributed by atoms with Crippen molar-refractivity contribution in [3.05, 3.63) is 95.6 Å². The van der Waals surface area contributed by atoms with Gasteiger partial charge in [0.25, 0.3) is 0 Å². The maximum Gasteiger partial charge on any atom is 0.0925 e. The summed E-state index contributed by atoms with van der Waals surface area (Å²) >= 11 is 0. The largest absolute Gasteiger partial charge is 0.348 e. The summed E-state index contributed by atoms with van der Waals surface area (Å²) in [6, 6.07) is 20.6. The Bertz CT molecular complexity index is 787. The molecule has 3 rings (SSSR count). The molecule has 0 fully saturated rings. The zero-order valence-electron chi connectivity index (χ0n) is 19.3. The number of unbranched alkanes of at least 4 members (excludes halogenated alkanes) is 4. The van der Waals surface area contributed by atoms with Crippen molar-refractivity contribution < 1.29 is 0 Å². The molecule has 0 aliphatic heterocycles. The van der Waals surface area contributed by atoms with Crippen molar-refractivity contribution in [2.75, 3.05) is 0 Å². The van der Waals surface area contributed by atoms with Crippen LogP contribution in [0.5, 0.6) is 0 Å². The molecule has 0 amide bonds. The third kappa shape index (κ3) is 9.00. The van der Waals surface area contributed by atoms with Crippen LogP contribution in [0.2, 0.25) is 6.32 Å². The summed E-state index contributed by atoms with van der Waals surface area (Å²) < 4.78 is 0. The minimum absolute atomic E-state index is 0.555. The number of benzene rings is 2.